The third kappa shape index (κ3) is 3.84. The second-order valence-corrected chi connectivity index (χ2v) is 4.50. The van der Waals surface area contributed by atoms with Gasteiger partial charge in [-0.3, -0.25) is 4.79 Å². The highest BCUT2D eigenvalue weighted by molar-refractivity contribution is 5.88. The second-order valence-electron chi connectivity index (χ2n) is 4.50. The second kappa shape index (κ2) is 5.29. The van der Waals surface area contributed by atoms with Gasteiger partial charge in [0.15, 0.2) is 0 Å². The third-order valence-corrected chi connectivity index (χ3v) is 2.77. The molecule has 1 aromatic rings. The van der Waals surface area contributed by atoms with Crippen molar-refractivity contribution in [3.63, 3.8) is 0 Å². The minimum absolute atomic E-state index is 0.104. The van der Waals surface area contributed by atoms with Crippen molar-refractivity contribution in [1.29, 1.82) is 0 Å². The Morgan fingerprint density at radius 3 is 2.94 bits per heavy atom. The van der Waals surface area contributed by atoms with E-state index >= 15 is 0 Å². The van der Waals surface area contributed by atoms with Crippen LogP contribution in [-0.2, 0) is 4.79 Å². The van der Waals surface area contributed by atoms with Crippen LogP contribution < -0.4 is 10.6 Å². The molecule has 1 unspecified atom stereocenters. The molecule has 4 nitrogen and oxygen atoms in total. The topological polar surface area (TPSA) is 61.4 Å². The van der Waals surface area contributed by atoms with E-state index in [1.54, 1.807) is 6.07 Å². The summed E-state index contributed by atoms with van der Waals surface area (Å²) in [5.41, 5.74) is 1.55. The van der Waals surface area contributed by atoms with Crippen LogP contribution in [0.5, 0.6) is 0 Å². The van der Waals surface area contributed by atoms with E-state index in [2.05, 4.69) is 10.6 Å². The zero-order valence-electron chi connectivity index (χ0n) is 9.94. The van der Waals surface area contributed by atoms with E-state index in [1.807, 2.05) is 18.2 Å². The van der Waals surface area contributed by atoms with Gasteiger partial charge in [-0.05, 0) is 30.5 Å². The highest BCUT2D eigenvalue weighted by Gasteiger charge is 2.21. The maximum atomic E-state index is 10.9. The first kappa shape index (κ1) is 12.1. The Labute approximate surface area is 101 Å². The molecule has 1 atom stereocenters. The average molecular weight is 234 g/mol. The molecule has 0 saturated heterocycles. The van der Waals surface area contributed by atoms with Crippen LogP contribution in [0.15, 0.2) is 24.3 Å². The lowest BCUT2D eigenvalue weighted by Crippen LogP contribution is -2.23. The average Bonchev–Trinajstić information content (AvgIpc) is 3.09. The van der Waals surface area contributed by atoms with Gasteiger partial charge in [0.25, 0.3) is 0 Å². The van der Waals surface area contributed by atoms with Crippen LogP contribution >= 0.6 is 0 Å². The summed E-state index contributed by atoms with van der Waals surface area (Å²) in [7, 11) is 0. The van der Waals surface area contributed by atoms with E-state index in [0.717, 1.165) is 11.3 Å². The van der Waals surface area contributed by atoms with Gasteiger partial charge in [0.1, 0.15) is 0 Å². The van der Waals surface area contributed by atoms with E-state index in [9.17, 15) is 9.90 Å². The fraction of sp³-hybridized carbons (Fsp3) is 0.462. The molecule has 0 radical (unpaired) electrons. The number of rotatable bonds is 5. The molecule has 1 saturated carbocycles. The first-order chi connectivity index (χ1) is 8.15. The van der Waals surface area contributed by atoms with E-state index in [-0.39, 0.29) is 5.91 Å². The number of aliphatic hydroxyl groups excluding tert-OH is 1. The van der Waals surface area contributed by atoms with E-state index < -0.39 is 6.10 Å². The maximum absolute atomic E-state index is 10.9. The molecule has 17 heavy (non-hydrogen) atoms. The molecule has 3 N–H and O–H groups in total. The van der Waals surface area contributed by atoms with Crippen molar-refractivity contribution >= 4 is 11.6 Å². The molecule has 0 spiro atoms. The summed E-state index contributed by atoms with van der Waals surface area (Å²) in [5, 5.41) is 16.0. The van der Waals surface area contributed by atoms with Gasteiger partial charge in [0.05, 0.1) is 6.10 Å². The summed E-state index contributed by atoms with van der Waals surface area (Å²) in [6, 6.07) is 7.90. The fourth-order valence-corrected chi connectivity index (χ4v) is 1.71. The number of carbonyl (C=O) groups is 1. The summed E-state index contributed by atoms with van der Waals surface area (Å²) in [5.74, 6) is -0.104. The molecule has 1 aliphatic carbocycles. The van der Waals surface area contributed by atoms with Crippen LogP contribution in [0, 0.1) is 0 Å². The van der Waals surface area contributed by atoms with Gasteiger partial charge in [-0.2, -0.15) is 0 Å². The Morgan fingerprint density at radius 2 is 2.29 bits per heavy atom. The highest BCUT2D eigenvalue weighted by atomic mass is 16.3. The molecular weight excluding hydrogens is 216 g/mol. The predicted octanol–water partition coefficient (Wildman–Crippen LogP) is 1.43. The van der Waals surface area contributed by atoms with Gasteiger partial charge in [-0.1, -0.05) is 12.1 Å². The quantitative estimate of drug-likeness (QED) is 0.722. The molecule has 2 rings (SSSR count). The van der Waals surface area contributed by atoms with Crippen LogP contribution in [0.3, 0.4) is 0 Å². The molecule has 0 heterocycles. The number of carbonyl (C=O) groups excluding carboxylic acids is 1. The summed E-state index contributed by atoms with van der Waals surface area (Å²) >= 11 is 0. The third-order valence-electron chi connectivity index (χ3n) is 2.77. The SMILES string of the molecule is CC(=O)Nc1cccc(C(O)CNC2CC2)c1. The van der Waals surface area contributed by atoms with Gasteiger partial charge in [-0.25, -0.2) is 0 Å². The lowest BCUT2D eigenvalue weighted by atomic mass is 10.1. The van der Waals surface area contributed by atoms with Crippen LogP contribution in [-0.4, -0.2) is 23.6 Å². The van der Waals surface area contributed by atoms with Crippen molar-refractivity contribution in [2.75, 3.05) is 11.9 Å². The minimum atomic E-state index is -0.524. The minimum Gasteiger partial charge on any atom is -0.387 e. The molecule has 0 bridgehead atoms. The van der Waals surface area contributed by atoms with E-state index in [1.165, 1.54) is 19.8 Å². The van der Waals surface area contributed by atoms with E-state index in [0.29, 0.717) is 12.6 Å². The van der Waals surface area contributed by atoms with Crippen molar-refractivity contribution in [1.82, 2.24) is 5.32 Å². The number of hydrogen-bond donors (Lipinski definition) is 3. The van der Waals surface area contributed by atoms with Gasteiger partial charge < -0.3 is 15.7 Å². The van der Waals surface area contributed by atoms with Gasteiger partial charge in [-0.15, -0.1) is 0 Å². The Bertz CT molecular complexity index is 402. The van der Waals surface area contributed by atoms with Crippen molar-refractivity contribution in [2.45, 2.75) is 31.9 Å². The van der Waals surface area contributed by atoms with Crippen molar-refractivity contribution in [2.24, 2.45) is 0 Å². The molecular formula is C13H18N2O2. The maximum Gasteiger partial charge on any atom is 0.221 e. The number of hydrogen-bond acceptors (Lipinski definition) is 3. The number of anilines is 1. The van der Waals surface area contributed by atoms with Crippen LogP contribution in [0.1, 0.15) is 31.4 Å². The first-order valence-electron chi connectivity index (χ1n) is 5.94. The summed E-state index contributed by atoms with van der Waals surface area (Å²) in [6.45, 7) is 2.03. The van der Waals surface area contributed by atoms with Crippen molar-refractivity contribution in [3.8, 4) is 0 Å². The molecule has 0 aromatic heterocycles. The Morgan fingerprint density at radius 1 is 1.53 bits per heavy atom. The number of amides is 1. The summed E-state index contributed by atoms with van der Waals surface area (Å²) < 4.78 is 0. The van der Waals surface area contributed by atoms with Gasteiger partial charge in [0.2, 0.25) is 5.91 Å². The first-order valence-corrected chi connectivity index (χ1v) is 5.94. The van der Waals surface area contributed by atoms with Crippen LogP contribution in [0.4, 0.5) is 5.69 Å². The van der Waals surface area contributed by atoms with Crippen molar-refractivity contribution in [3.05, 3.63) is 29.8 Å². The fourth-order valence-electron chi connectivity index (χ4n) is 1.71. The largest absolute Gasteiger partial charge is 0.387 e. The lowest BCUT2D eigenvalue weighted by Gasteiger charge is -2.13. The summed E-state index contributed by atoms with van der Waals surface area (Å²) in [6.07, 6.45) is 1.89. The zero-order chi connectivity index (χ0) is 12.3. The molecule has 4 heteroatoms. The van der Waals surface area contributed by atoms with Crippen molar-refractivity contribution < 1.29 is 9.90 Å². The van der Waals surface area contributed by atoms with Crippen LogP contribution in [0.2, 0.25) is 0 Å². The molecule has 1 aliphatic rings. The Kier molecular flexibility index (Phi) is 3.76. The van der Waals surface area contributed by atoms with Gasteiger partial charge in [0, 0.05) is 25.2 Å². The Balaban J connectivity index is 1.95. The molecule has 92 valence electrons. The molecule has 1 fully saturated rings. The highest BCUT2D eigenvalue weighted by Crippen LogP contribution is 2.21. The monoisotopic (exact) mass is 234 g/mol. The zero-order valence-corrected chi connectivity index (χ0v) is 9.94. The Hall–Kier alpha value is -1.39. The smallest absolute Gasteiger partial charge is 0.221 e. The molecule has 1 aromatic carbocycles. The molecule has 1 amide bonds. The molecule has 0 aliphatic heterocycles. The lowest BCUT2D eigenvalue weighted by molar-refractivity contribution is -0.114. The van der Waals surface area contributed by atoms with E-state index in [4.69, 9.17) is 0 Å². The van der Waals surface area contributed by atoms with Gasteiger partial charge >= 0.3 is 0 Å². The number of aliphatic hydroxyl groups is 1. The standard InChI is InChI=1S/C13H18N2O2/c1-9(16)15-12-4-2-3-10(7-12)13(17)8-14-11-5-6-11/h2-4,7,11,13-14,17H,5-6,8H2,1H3,(H,15,16). The number of benzene rings is 1. The van der Waals surface area contributed by atoms with Crippen LogP contribution in [0.25, 0.3) is 0 Å². The summed E-state index contributed by atoms with van der Waals surface area (Å²) in [4.78, 5) is 10.9. The predicted molar refractivity (Wildman–Crippen MR) is 66.7 cm³/mol. The number of nitrogens with one attached hydrogen (secondary N) is 2. The normalized spacial score (nSPS) is 16.6.